The maximum absolute atomic E-state index is 5.72. The van der Waals surface area contributed by atoms with Crippen molar-refractivity contribution >= 4 is 0 Å². The lowest BCUT2D eigenvalue weighted by Crippen LogP contribution is -2.34. The highest BCUT2D eigenvalue weighted by Gasteiger charge is 2.18. The average molecular weight is 310 g/mol. The topological polar surface area (TPSA) is 63.4 Å². The van der Waals surface area contributed by atoms with Crippen LogP contribution in [-0.4, -0.2) is 48.3 Å². The fraction of sp³-hybridized carbons (Fsp3) is 0.875. The molecule has 126 valence electrons. The van der Waals surface area contributed by atoms with Crippen LogP contribution in [0.25, 0.3) is 0 Å². The van der Waals surface area contributed by atoms with E-state index in [0.717, 1.165) is 25.6 Å². The van der Waals surface area contributed by atoms with E-state index in [1.807, 2.05) is 6.92 Å². The van der Waals surface area contributed by atoms with E-state index in [-0.39, 0.29) is 6.10 Å². The Labute approximate surface area is 133 Å². The zero-order chi connectivity index (χ0) is 15.9. The molecule has 0 aromatic carbocycles. The summed E-state index contributed by atoms with van der Waals surface area (Å²) in [4.78, 5) is 6.74. The molecule has 1 aromatic heterocycles. The van der Waals surface area contributed by atoms with Gasteiger partial charge in [-0.15, -0.1) is 0 Å². The molecule has 0 saturated carbocycles. The number of aromatic nitrogens is 2. The fourth-order valence-electron chi connectivity index (χ4n) is 2.71. The lowest BCUT2D eigenvalue weighted by molar-refractivity contribution is 0.0402. The standard InChI is InChI=1S/C16H30N4O2/c1-12(2)11-21-13(3)16-18-15(22-19-16)10-20(4)9-14-5-7-17-8-6-14/h12-14,17H,5-11H2,1-4H3. The predicted molar refractivity (Wildman–Crippen MR) is 85.4 cm³/mol. The van der Waals surface area contributed by atoms with Gasteiger partial charge in [-0.25, -0.2) is 0 Å². The molecule has 1 unspecified atom stereocenters. The summed E-state index contributed by atoms with van der Waals surface area (Å²) in [5, 5.41) is 7.45. The zero-order valence-electron chi connectivity index (χ0n) is 14.3. The molecule has 2 rings (SSSR count). The molecule has 1 N–H and O–H groups in total. The molecule has 0 radical (unpaired) electrons. The molecule has 1 atom stereocenters. The SMILES string of the molecule is CC(C)COC(C)c1noc(CN(C)CC2CCNCC2)n1. The molecule has 1 fully saturated rings. The number of ether oxygens (including phenoxy) is 1. The first kappa shape index (κ1) is 17.4. The Bertz CT molecular complexity index is 430. The Morgan fingerprint density at radius 1 is 1.32 bits per heavy atom. The van der Waals surface area contributed by atoms with Gasteiger partial charge in [-0.2, -0.15) is 4.98 Å². The molecule has 6 nitrogen and oxygen atoms in total. The van der Waals surface area contributed by atoms with Crippen LogP contribution < -0.4 is 5.32 Å². The second-order valence-corrected chi connectivity index (χ2v) is 6.81. The van der Waals surface area contributed by atoms with Crippen LogP contribution in [0.4, 0.5) is 0 Å². The highest BCUT2D eigenvalue weighted by Crippen LogP contribution is 2.16. The summed E-state index contributed by atoms with van der Waals surface area (Å²) in [6.07, 6.45) is 2.38. The average Bonchev–Trinajstić information content (AvgIpc) is 2.94. The van der Waals surface area contributed by atoms with E-state index >= 15 is 0 Å². The van der Waals surface area contributed by atoms with Crippen molar-refractivity contribution in [1.82, 2.24) is 20.4 Å². The van der Waals surface area contributed by atoms with Crippen molar-refractivity contribution in [2.75, 3.05) is 33.3 Å². The third-order valence-electron chi connectivity index (χ3n) is 3.96. The minimum absolute atomic E-state index is 0.116. The molecular weight excluding hydrogens is 280 g/mol. The number of rotatable bonds is 8. The van der Waals surface area contributed by atoms with Gasteiger partial charge in [0.15, 0.2) is 5.82 Å². The maximum Gasteiger partial charge on any atom is 0.240 e. The van der Waals surface area contributed by atoms with Crippen molar-refractivity contribution in [2.24, 2.45) is 11.8 Å². The summed E-state index contributed by atoms with van der Waals surface area (Å²) >= 11 is 0. The Hall–Kier alpha value is -0.980. The predicted octanol–water partition coefficient (Wildman–Crippen LogP) is 2.23. The molecule has 6 heteroatoms. The van der Waals surface area contributed by atoms with Crippen LogP contribution in [0.15, 0.2) is 4.52 Å². The monoisotopic (exact) mass is 310 g/mol. The zero-order valence-corrected chi connectivity index (χ0v) is 14.3. The fourth-order valence-corrected chi connectivity index (χ4v) is 2.71. The van der Waals surface area contributed by atoms with Gasteiger partial charge in [-0.1, -0.05) is 19.0 Å². The van der Waals surface area contributed by atoms with Gasteiger partial charge in [0.25, 0.3) is 0 Å². The Morgan fingerprint density at radius 2 is 2.05 bits per heavy atom. The van der Waals surface area contributed by atoms with E-state index in [1.165, 1.54) is 12.8 Å². The van der Waals surface area contributed by atoms with Crippen molar-refractivity contribution in [1.29, 1.82) is 0 Å². The molecule has 0 spiro atoms. The normalized spacial score (nSPS) is 18.3. The first-order valence-corrected chi connectivity index (χ1v) is 8.38. The number of piperidine rings is 1. The van der Waals surface area contributed by atoms with Gasteiger partial charge < -0.3 is 14.6 Å². The van der Waals surface area contributed by atoms with Crippen LogP contribution in [0.5, 0.6) is 0 Å². The van der Waals surface area contributed by atoms with Crippen molar-refractivity contribution in [3.63, 3.8) is 0 Å². The van der Waals surface area contributed by atoms with Gasteiger partial charge in [0.05, 0.1) is 6.54 Å². The summed E-state index contributed by atoms with van der Waals surface area (Å²) in [5.74, 6) is 2.59. The number of nitrogens with zero attached hydrogens (tertiary/aromatic N) is 3. The molecule has 0 aliphatic carbocycles. The number of hydrogen-bond donors (Lipinski definition) is 1. The van der Waals surface area contributed by atoms with Crippen molar-refractivity contribution < 1.29 is 9.26 Å². The molecule has 0 bridgehead atoms. The second kappa shape index (κ2) is 8.60. The van der Waals surface area contributed by atoms with Gasteiger partial charge in [-0.3, -0.25) is 4.90 Å². The molecule has 1 aliphatic rings. The molecule has 2 heterocycles. The summed E-state index contributed by atoms with van der Waals surface area (Å²) < 4.78 is 11.1. The van der Waals surface area contributed by atoms with E-state index in [9.17, 15) is 0 Å². The highest BCUT2D eigenvalue weighted by molar-refractivity contribution is 4.90. The largest absolute Gasteiger partial charge is 0.370 e. The van der Waals surface area contributed by atoms with Crippen molar-refractivity contribution in [2.45, 2.75) is 46.3 Å². The van der Waals surface area contributed by atoms with Crippen LogP contribution in [-0.2, 0) is 11.3 Å². The number of nitrogens with one attached hydrogen (secondary N) is 1. The van der Waals surface area contributed by atoms with Gasteiger partial charge in [0.1, 0.15) is 6.10 Å². The summed E-state index contributed by atoms with van der Waals surface area (Å²) in [6.45, 7) is 11.0. The molecule has 1 aliphatic heterocycles. The van der Waals surface area contributed by atoms with Crippen LogP contribution in [0.2, 0.25) is 0 Å². The minimum atomic E-state index is -0.116. The lowest BCUT2D eigenvalue weighted by Gasteiger charge is -2.26. The van der Waals surface area contributed by atoms with E-state index in [0.29, 0.717) is 30.8 Å². The van der Waals surface area contributed by atoms with Gasteiger partial charge in [0.2, 0.25) is 5.89 Å². The van der Waals surface area contributed by atoms with Crippen LogP contribution >= 0.6 is 0 Å². The molecule has 22 heavy (non-hydrogen) atoms. The van der Waals surface area contributed by atoms with Crippen molar-refractivity contribution in [3.05, 3.63) is 11.7 Å². The first-order valence-electron chi connectivity index (χ1n) is 8.38. The molecule has 1 saturated heterocycles. The highest BCUT2D eigenvalue weighted by atomic mass is 16.5. The van der Waals surface area contributed by atoms with Gasteiger partial charge in [0, 0.05) is 13.2 Å². The Morgan fingerprint density at radius 3 is 2.73 bits per heavy atom. The quantitative estimate of drug-likeness (QED) is 0.794. The van der Waals surface area contributed by atoms with Crippen LogP contribution in [0.1, 0.15) is 51.4 Å². The third kappa shape index (κ3) is 5.66. The van der Waals surface area contributed by atoms with Gasteiger partial charge >= 0.3 is 0 Å². The lowest BCUT2D eigenvalue weighted by atomic mass is 9.98. The van der Waals surface area contributed by atoms with E-state index in [2.05, 4.69) is 41.3 Å². The second-order valence-electron chi connectivity index (χ2n) is 6.81. The molecule has 1 aromatic rings. The summed E-state index contributed by atoms with van der Waals surface area (Å²) in [7, 11) is 2.12. The summed E-state index contributed by atoms with van der Waals surface area (Å²) in [6, 6.07) is 0. The van der Waals surface area contributed by atoms with Crippen LogP contribution in [0, 0.1) is 11.8 Å². The van der Waals surface area contributed by atoms with Crippen molar-refractivity contribution in [3.8, 4) is 0 Å². The van der Waals surface area contributed by atoms with E-state index in [1.54, 1.807) is 0 Å². The maximum atomic E-state index is 5.72. The summed E-state index contributed by atoms with van der Waals surface area (Å²) in [5.41, 5.74) is 0. The molecule has 0 amide bonds. The first-order chi connectivity index (χ1) is 10.5. The minimum Gasteiger partial charge on any atom is -0.370 e. The third-order valence-corrected chi connectivity index (χ3v) is 3.96. The van der Waals surface area contributed by atoms with E-state index in [4.69, 9.17) is 9.26 Å². The Balaban J connectivity index is 1.77. The van der Waals surface area contributed by atoms with Gasteiger partial charge in [-0.05, 0) is 51.7 Å². The number of hydrogen-bond acceptors (Lipinski definition) is 6. The van der Waals surface area contributed by atoms with Crippen LogP contribution in [0.3, 0.4) is 0 Å². The smallest absolute Gasteiger partial charge is 0.240 e. The Kier molecular flexibility index (Phi) is 6.79. The molecular formula is C16H30N4O2. The van der Waals surface area contributed by atoms with E-state index < -0.39 is 0 Å².